The molecule has 0 aromatic heterocycles. The Balaban J connectivity index is 1.63. The monoisotopic (exact) mass is 613 g/mol. The molecule has 0 saturated carbocycles. The van der Waals surface area contributed by atoms with Crippen LogP contribution in [0.2, 0.25) is 10.0 Å². The molecule has 1 spiro atoms. The first kappa shape index (κ1) is 29.8. The van der Waals surface area contributed by atoms with Gasteiger partial charge in [0.2, 0.25) is 5.91 Å². The molecule has 3 amide bonds. The highest BCUT2D eigenvalue weighted by Gasteiger charge is 2.65. The summed E-state index contributed by atoms with van der Waals surface area (Å²) in [5.41, 5.74) is -0.119. The third-order valence-corrected chi connectivity index (χ3v) is 8.79. The Morgan fingerprint density at radius 2 is 1.86 bits per heavy atom. The number of aliphatic hydroxyl groups is 1. The average molecular weight is 615 g/mol. The van der Waals surface area contributed by atoms with Crippen LogP contribution < -0.4 is 10.6 Å². The second kappa shape index (κ2) is 11.2. The highest BCUT2D eigenvalue weighted by atomic mass is 35.5. The van der Waals surface area contributed by atoms with Gasteiger partial charge < -0.3 is 25.7 Å². The van der Waals surface area contributed by atoms with Crippen molar-refractivity contribution in [3.63, 3.8) is 0 Å². The van der Waals surface area contributed by atoms with Gasteiger partial charge in [-0.1, -0.05) is 67.4 Å². The molecular formula is C31H30Cl2FN3O5. The number of carbonyl (C=O) groups excluding carboxylic acids is 2. The quantitative estimate of drug-likeness (QED) is 0.260. The van der Waals surface area contributed by atoms with E-state index in [1.807, 2.05) is 13.8 Å². The van der Waals surface area contributed by atoms with Crippen LogP contribution in [0.5, 0.6) is 0 Å². The molecule has 4 N–H and O–H groups in total. The van der Waals surface area contributed by atoms with Gasteiger partial charge in [0.25, 0.3) is 0 Å². The summed E-state index contributed by atoms with van der Waals surface area (Å²) in [6.45, 7) is 3.73. The summed E-state index contributed by atoms with van der Waals surface area (Å²) in [5, 5.41) is 25.4. The van der Waals surface area contributed by atoms with Gasteiger partial charge in [-0.3, -0.25) is 4.79 Å². The van der Waals surface area contributed by atoms with E-state index in [9.17, 15) is 24.6 Å². The molecule has 11 heteroatoms. The Kier molecular flexibility index (Phi) is 7.96. The number of amides is 3. The molecule has 8 nitrogen and oxygen atoms in total. The minimum absolute atomic E-state index is 0.0676. The lowest BCUT2D eigenvalue weighted by atomic mass is 9.63. The standard InChI is InChI=1S/C31H30Cl2FN3O5/c1-30(2,16-38)13-19-15-37(29(42)35-14-17-6-8-18(9-7-17)27(39)40)26(21-4-3-5-23(33)25(21)34)31(19)22-11-10-20(32)12-24(22)36-28(31)41/h3-12,19,26,38H,13-16H2,1-2H3,(H,35,42)(H,36,41)(H,39,40)/t19-,26-,31+/m1/s1. The Morgan fingerprint density at radius 3 is 2.52 bits per heavy atom. The molecule has 0 unspecified atom stereocenters. The number of carboxylic acids is 1. The van der Waals surface area contributed by atoms with E-state index in [0.717, 1.165) is 0 Å². The van der Waals surface area contributed by atoms with Crippen LogP contribution in [0.4, 0.5) is 14.9 Å². The van der Waals surface area contributed by atoms with E-state index in [1.54, 1.807) is 36.4 Å². The van der Waals surface area contributed by atoms with Crippen LogP contribution in [0.25, 0.3) is 0 Å². The second-order valence-electron chi connectivity index (χ2n) is 11.6. The number of carboxylic acid groups (broad SMARTS) is 1. The summed E-state index contributed by atoms with van der Waals surface area (Å²) < 4.78 is 15.8. The summed E-state index contributed by atoms with van der Waals surface area (Å²) >= 11 is 12.5. The molecule has 1 saturated heterocycles. The largest absolute Gasteiger partial charge is 0.478 e. The summed E-state index contributed by atoms with van der Waals surface area (Å²) in [6, 6.07) is 14.0. The normalized spacial score (nSPS) is 21.4. The van der Waals surface area contributed by atoms with E-state index in [-0.39, 0.29) is 35.8 Å². The molecule has 42 heavy (non-hydrogen) atoms. The maximum Gasteiger partial charge on any atom is 0.335 e. The van der Waals surface area contributed by atoms with Crippen LogP contribution >= 0.6 is 23.2 Å². The SMILES string of the molecule is CC(C)(CO)C[C@@H]1CN(C(=O)NCc2ccc(C(=O)O)cc2)[C@H](c2cccc(Cl)c2F)[C@]12C(=O)Nc1cc(Cl)ccc12. The van der Waals surface area contributed by atoms with Gasteiger partial charge >= 0.3 is 12.0 Å². The Labute approximate surface area is 252 Å². The number of nitrogens with zero attached hydrogens (tertiary/aromatic N) is 1. The fourth-order valence-corrected chi connectivity index (χ4v) is 6.66. The van der Waals surface area contributed by atoms with Crippen molar-refractivity contribution in [3.05, 3.63) is 98.8 Å². The van der Waals surface area contributed by atoms with Crippen LogP contribution in [0.15, 0.2) is 60.7 Å². The van der Waals surface area contributed by atoms with Gasteiger partial charge in [0, 0.05) is 36.0 Å². The highest BCUT2D eigenvalue weighted by molar-refractivity contribution is 6.31. The fourth-order valence-electron chi connectivity index (χ4n) is 6.31. The Hall–Kier alpha value is -3.66. The first-order chi connectivity index (χ1) is 19.9. The molecule has 2 heterocycles. The fraction of sp³-hybridized carbons (Fsp3) is 0.323. The summed E-state index contributed by atoms with van der Waals surface area (Å²) in [6.07, 6.45) is 0.345. The van der Waals surface area contributed by atoms with Gasteiger partial charge in [-0.2, -0.15) is 0 Å². The predicted molar refractivity (Wildman–Crippen MR) is 157 cm³/mol. The molecule has 0 radical (unpaired) electrons. The third kappa shape index (κ3) is 5.10. The van der Waals surface area contributed by atoms with Crippen LogP contribution in [0, 0.1) is 17.2 Å². The van der Waals surface area contributed by atoms with Crippen LogP contribution in [0.3, 0.4) is 0 Å². The van der Waals surface area contributed by atoms with Gasteiger partial charge in [0.1, 0.15) is 11.2 Å². The van der Waals surface area contributed by atoms with Crippen molar-refractivity contribution in [1.29, 1.82) is 0 Å². The van der Waals surface area contributed by atoms with E-state index in [1.165, 1.54) is 29.2 Å². The molecule has 5 rings (SSSR count). The Bertz CT molecular complexity index is 1560. The topological polar surface area (TPSA) is 119 Å². The van der Waals surface area contributed by atoms with E-state index in [2.05, 4.69) is 10.6 Å². The van der Waals surface area contributed by atoms with E-state index in [4.69, 9.17) is 23.2 Å². The molecule has 3 aromatic rings. The number of urea groups is 1. The van der Waals surface area contributed by atoms with Gasteiger partial charge in [-0.05, 0) is 59.2 Å². The second-order valence-corrected chi connectivity index (χ2v) is 12.4. The van der Waals surface area contributed by atoms with E-state index >= 15 is 4.39 Å². The molecule has 2 aliphatic heterocycles. The van der Waals surface area contributed by atoms with Crippen LogP contribution in [-0.2, 0) is 16.8 Å². The van der Waals surface area contributed by atoms with Crippen molar-refractivity contribution >= 4 is 46.8 Å². The zero-order chi connectivity index (χ0) is 30.4. The van der Waals surface area contributed by atoms with Crippen molar-refractivity contribution in [2.45, 2.75) is 38.3 Å². The first-order valence-corrected chi connectivity index (χ1v) is 14.2. The van der Waals surface area contributed by atoms with Crippen molar-refractivity contribution < 1.29 is 29.0 Å². The number of hydrogen-bond acceptors (Lipinski definition) is 4. The van der Waals surface area contributed by atoms with Crippen molar-refractivity contribution in [2.75, 3.05) is 18.5 Å². The number of fused-ring (bicyclic) bond motifs is 2. The lowest BCUT2D eigenvalue weighted by Crippen LogP contribution is -2.48. The maximum atomic E-state index is 15.8. The number of nitrogens with one attached hydrogen (secondary N) is 2. The first-order valence-electron chi connectivity index (χ1n) is 13.4. The Morgan fingerprint density at radius 1 is 1.14 bits per heavy atom. The summed E-state index contributed by atoms with van der Waals surface area (Å²) in [4.78, 5) is 40.8. The molecule has 2 aliphatic rings. The zero-order valence-corrected chi connectivity index (χ0v) is 24.5. The summed E-state index contributed by atoms with van der Waals surface area (Å²) in [7, 11) is 0. The number of aromatic carboxylic acids is 1. The third-order valence-electron chi connectivity index (χ3n) is 8.26. The van der Waals surface area contributed by atoms with E-state index in [0.29, 0.717) is 28.3 Å². The molecule has 3 aromatic carbocycles. The predicted octanol–water partition coefficient (Wildman–Crippen LogP) is 6.01. The molecule has 3 atom stereocenters. The zero-order valence-electron chi connectivity index (χ0n) is 23.0. The smallest absolute Gasteiger partial charge is 0.335 e. The maximum absolute atomic E-state index is 15.8. The molecule has 0 aliphatic carbocycles. The molecular weight excluding hydrogens is 584 g/mol. The number of rotatable bonds is 7. The van der Waals surface area contributed by atoms with Gasteiger partial charge in [0.15, 0.2) is 0 Å². The lowest BCUT2D eigenvalue weighted by molar-refractivity contribution is -0.123. The van der Waals surface area contributed by atoms with Crippen LogP contribution in [-0.4, -0.2) is 46.2 Å². The highest BCUT2D eigenvalue weighted by Crippen LogP contribution is 2.60. The van der Waals surface area contributed by atoms with Crippen molar-refractivity contribution in [3.8, 4) is 0 Å². The summed E-state index contributed by atoms with van der Waals surface area (Å²) in [5.74, 6) is -2.72. The molecule has 0 bridgehead atoms. The number of anilines is 1. The van der Waals surface area contributed by atoms with Crippen molar-refractivity contribution in [1.82, 2.24) is 10.2 Å². The minimum atomic E-state index is -1.42. The number of halogens is 3. The van der Waals surface area contributed by atoms with Gasteiger partial charge in [0.05, 0.1) is 16.6 Å². The number of aliphatic hydroxyl groups excluding tert-OH is 1. The van der Waals surface area contributed by atoms with Gasteiger partial charge in [-0.15, -0.1) is 0 Å². The number of hydrogen-bond donors (Lipinski definition) is 4. The molecule has 1 fully saturated rings. The van der Waals surface area contributed by atoms with E-state index < -0.39 is 46.5 Å². The molecule has 220 valence electrons. The van der Waals surface area contributed by atoms with Gasteiger partial charge in [-0.25, -0.2) is 14.0 Å². The lowest BCUT2D eigenvalue weighted by Gasteiger charge is -2.38. The van der Waals surface area contributed by atoms with Crippen molar-refractivity contribution in [2.24, 2.45) is 11.3 Å². The number of carbonyl (C=O) groups is 3. The number of benzene rings is 3. The average Bonchev–Trinajstić information content (AvgIpc) is 3.43. The minimum Gasteiger partial charge on any atom is -0.478 e. The number of likely N-dealkylation sites (tertiary alicyclic amines) is 1. The van der Waals surface area contributed by atoms with Crippen LogP contribution in [0.1, 0.15) is 53.4 Å².